The van der Waals surface area contributed by atoms with E-state index in [0.717, 1.165) is 11.3 Å². The third-order valence-electron chi connectivity index (χ3n) is 2.76. The first-order valence-electron chi connectivity index (χ1n) is 5.65. The first-order chi connectivity index (χ1) is 8.06. The van der Waals surface area contributed by atoms with Crippen LogP contribution in [0.15, 0.2) is 30.3 Å². The van der Waals surface area contributed by atoms with Gasteiger partial charge in [0.05, 0.1) is 6.04 Å². The molecule has 3 heteroatoms. The van der Waals surface area contributed by atoms with Crippen molar-refractivity contribution in [2.24, 2.45) is 0 Å². The fraction of sp³-hybridized carbons (Fsp3) is 0.286. The average Bonchev–Trinajstić information content (AvgIpc) is 2.70. The third-order valence-corrected chi connectivity index (χ3v) is 3.94. The normalized spacial score (nSPS) is 12.5. The Morgan fingerprint density at radius 3 is 2.59 bits per heavy atom. The van der Waals surface area contributed by atoms with E-state index in [4.69, 9.17) is 0 Å². The van der Waals surface area contributed by atoms with Gasteiger partial charge in [0.1, 0.15) is 5.82 Å². The van der Waals surface area contributed by atoms with Gasteiger partial charge in [-0.05, 0) is 50.6 Å². The van der Waals surface area contributed by atoms with Crippen molar-refractivity contribution in [1.29, 1.82) is 0 Å². The lowest BCUT2D eigenvalue weighted by atomic mass is 10.1. The van der Waals surface area contributed by atoms with Crippen molar-refractivity contribution in [2.45, 2.75) is 26.8 Å². The van der Waals surface area contributed by atoms with Crippen molar-refractivity contribution in [3.63, 3.8) is 0 Å². The summed E-state index contributed by atoms with van der Waals surface area (Å²) in [5.74, 6) is -0.201. The highest BCUT2D eigenvalue weighted by atomic mass is 32.1. The first kappa shape index (κ1) is 12.1. The average molecular weight is 249 g/mol. The van der Waals surface area contributed by atoms with Crippen LogP contribution in [0.2, 0.25) is 0 Å². The number of nitrogens with one attached hydrogen (secondary N) is 1. The second-order valence-electron chi connectivity index (χ2n) is 4.27. The molecule has 2 aromatic rings. The van der Waals surface area contributed by atoms with Gasteiger partial charge < -0.3 is 5.32 Å². The minimum atomic E-state index is -0.201. The molecule has 0 spiro atoms. The quantitative estimate of drug-likeness (QED) is 0.833. The van der Waals surface area contributed by atoms with Gasteiger partial charge in [-0.15, -0.1) is 11.3 Å². The highest BCUT2D eigenvalue weighted by molar-refractivity contribution is 7.12. The largest absolute Gasteiger partial charge is 0.377 e. The van der Waals surface area contributed by atoms with E-state index in [0.29, 0.717) is 0 Å². The molecule has 1 nitrogen and oxygen atoms in total. The number of halogens is 1. The second kappa shape index (κ2) is 4.88. The maximum atomic E-state index is 13.2. The molecule has 17 heavy (non-hydrogen) atoms. The van der Waals surface area contributed by atoms with Crippen molar-refractivity contribution in [3.8, 4) is 0 Å². The maximum Gasteiger partial charge on any atom is 0.125 e. The Labute approximate surface area is 105 Å². The lowest BCUT2D eigenvalue weighted by Crippen LogP contribution is -2.06. The molecular weight excluding hydrogens is 233 g/mol. The van der Waals surface area contributed by atoms with Crippen molar-refractivity contribution in [1.82, 2.24) is 0 Å². The van der Waals surface area contributed by atoms with Gasteiger partial charge in [0.15, 0.2) is 0 Å². The Hall–Kier alpha value is -1.35. The lowest BCUT2D eigenvalue weighted by Gasteiger charge is -2.15. The molecule has 0 bridgehead atoms. The predicted molar refractivity (Wildman–Crippen MR) is 72.2 cm³/mol. The molecule has 1 heterocycles. The Balaban J connectivity index is 2.18. The third kappa shape index (κ3) is 2.86. The number of aryl methyl sites for hydroxylation is 2. The van der Waals surface area contributed by atoms with E-state index in [2.05, 4.69) is 31.3 Å². The SMILES string of the molecule is Cc1ccc(C(C)Nc2cc(F)ccc2C)s1. The molecular formula is C14H16FNS. The van der Waals surface area contributed by atoms with Crippen LogP contribution in [0.3, 0.4) is 0 Å². The van der Waals surface area contributed by atoms with Crippen LogP contribution in [-0.2, 0) is 0 Å². The zero-order chi connectivity index (χ0) is 12.4. The summed E-state index contributed by atoms with van der Waals surface area (Å²) in [5, 5.41) is 3.35. The second-order valence-corrected chi connectivity index (χ2v) is 5.59. The number of hydrogen-bond acceptors (Lipinski definition) is 2. The Bertz CT molecular complexity index is 519. The zero-order valence-electron chi connectivity index (χ0n) is 10.3. The van der Waals surface area contributed by atoms with E-state index in [-0.39, 0.29) is 11.9 Å². The van der Waals surface area contributed by atoms with Gasteiger partial charge in [0.25, 0.3) is 0 Å². The maximum absolute atomic E-state index is 13.2. The molecule has 0 radical (unpaired) electrons. The summed E-state index contributed by atoms with van der Waals surface area (Å²) in [6.07, 6.45) is 0. The van der Waals surface area contributed by atoms with Crippen LogP contribution in [0.5, 0.6) is 0 Å². The van der Waals surface area contributed by atoms with Gasteiger partial charge in [0.2, 0.25) is 0 Å². The smallest absolute Gasteiger partial charge is 0.125 e. The van der Waals surface area contributed by atoms with Gasteiger partial charge >= 0.3 is 0 Å². The summed E-state index contributed by atoms with van der Waals surface area (Å²) in [7, 11) is 0. The minimum Gasteiger partial charge on any atom is -0.377 e. The summed E-state index contributed by atoms with van der Waals surface area (Å²) < 4.78 is 13.2. The number of benzene rings is 1. The first-order valence-corrected chi connectivity index (χ1v) is 6.47. The molecule has 90 valence electrons. The molecule has 2 rings (SSSR count). The predicted octanol–water partition coefficient (Wildman–Crippen LogP) is 4.68. The van der Waals surface area contributed by atoms with E-state index < -0.39 is 0 Å². The van der Waals surface area contributed by atoms with Gasteiger partial charge in [-0.2, -0.15) is 0 Å². The van der Waals surface area contributed by atoms with E-state index >= 15 is 0 Å². The van der Waals surface area contributed by atoms with Gasteiger partial charge in [-0.1, -0.05) is 6.07 Å². The van der Waals surface area contributed by atoms with E-state index in [1.165, 1.54) is 15.8 Å². The fourth-order valence-electron chi connectivity index (χ4n) is 1.74. The summed E-state index contributed by atoms with van der Waals surface area (Å²) in [6, 6.07) is 9.26. The van der Waals surface area contributed by atoms with Crippen LogP contribution in [0.1, 0.15) is 28.3 Å². The van der Waals surface area contributed by atoms with E-state index in [9.17, 15) is 4.39 Å². The van der Waals surface area contributed by atoms with Crippen LogP contribution in [0.25, 0.3) is 0 Å². The van der Waals surface area contributed by atoms with Crippen molar-refractivity contribution < 1.29 is 4.39 Å². The number of rotatable bonds is 3. The number of anilines is 1. The lowest BCUT2D eigenvalue weighted by molar-refractivity contribution is 0.627. The molecule has 1 aromatic heterocycles. The molecule has 0 saturated carbocycles. The van der Waals surface area contributed by atoms with Crippen LogP contribution < -0.4 is 5.32 Å². The summed E-state index contributed by atoms with van der Waals surface area (Å²) in [4.78, 5) is 2.57. The standard InChI is InChI=1S/C14H16FNS/c1-9-4-6-12(15)8-13(9)16-11(3)14-7-5-10(2)17-14/h4-8,11,16H,1-3H3. The molecule has 1 N–H and O–H groups in total. The van der Waals surface area contributed by atoms with E-state index in [1.54, 1.807) is 23.5 Å². The molecule has 0 aliphatic heterocycles. The minimum absolute atomic E-state index is 0.201. The molecule has 0 aliphatic carbocycles. The highest BCUT2D eigenvalue weighted by Gasteiger charge is 2.09. The number of thiophene rings is 1. The Kier molecular flexibility index (Phi) is 3.48. The van der Waals surface area contributed by atoms with Crippen LogP contribution >= 0.6 is 11.3 Å². The summed E-state index contributed by atoms with van der Waals surface area (Å²) in [6.45, 7) is 6.16. The molecule has 0 fully saturated rings. The molecule has 0 amide bonds. The Morgan fingerprint density at radius 1 is 1.18 bits per heavy atom. The van der Waals surface area contributed by atoms with Gasteiger partial charge in [-0.3, -0.25) is 0 Å². The van der Waals surface area contributed by atoms with Crippen LogP contribution in [0.4, 0.5) is 10.1 Å². The van der Waals surface area contributed by atoms with Crippen LogP contribution in [-0.4, -0.2) is 0 Å². The monoisotopic (exact) mass is 249 g/mol. The molecule has 0 aliphatic rings. The molecule has 0 saturated heterocycles. The van der Waals surface area contributed by atoms with Gasteiger partial charge in [-0.25, -0.2) is 4.39 Å². The highest BCUT2D eigenvalue weighted by Crippen LogP contribution is 2.27. The summed E-state index contributed by atoms with van der Waals surface area (Å²) in [5.41, 5.74) is 1.93. The molecule has 1 atom stereocenters. The molecule has 1 unspecified atom stereocenters. The molecule has 1 aromatic carbocycles. The number of hydrogen-bond donors (Lipinski definition) is 1. The van der Waals surface area contributed by atoms with Crippen molar-refractivity contribution in [2.75, 3.05) is 5.32 Å². The van der Waals surface area contributed by atoms with Crippen LogP contribution in [0, 0.1) is 19.7 Å². The zero-order valence-corrected chi connectivity index (χ0v) is 11.1. The fourth-order valence-corrected chi connectivity index (χ4v) is 2.62. The van der Waals surface area contributed by atoms with Crippen molar-refractivity contribution >= 4 is 17.0 Å². The van der Waals surface area contributed by atoms with Crippen molar-refractivity contribution in [3.05, 3.63) is 51.5 Å². The summed E-state index contributed by atoms with van der Waals surface area (Å²) >= 11 is 1.77. The Morgan fingerprint density at radius 2 is 1.94 bits per heavy atom. The topological polar surface area (TPSA) is 12.0 Å². The van der Waals surface area contributed by atoms with E-state index in [1.807, 2.05) is 6.92 Å². The van der Waals surface area contributed by atoms with Gasteiger partial charge in [0, 0.05) is 15.4 Å².